The maximum atomic E-state index is 12.3. The van der Waals surface area contributed by atoms with Gasteiger partial charge in [0.1, 0.15) is 5.78 Å². The number of nitrogens with zero attached hydrogens (tertiary/aromatic N) is 1. The van der Waals surface area contributed by atoms with Crippen LogP contribution in [0.4, 0.5) is 0 Å². The van der Waals surface area contributed by atoms with E-state index < -0.39 is 5.54 Å². The van der Waals surface area contributed by atoms with Gasteiger partial charge in [-0.15, -0.1) is 0 Å². The Bertz CT molecular complexity index is 777. The molecule has 2 heteroatoms. The van der Waals surface area contributed by atoms with Crippen molar-refractivity contribution in [1.29, 1.82) is 0 Å². The second-order valence-corrected chi connectivity index (χ2v) is 6.92. The Morgan fingerprint density at radius 2 is 1.15 bits per heavy atom. The fraction of sp³-hybridized carbons (Fsp3) is 0.208. The van der Waals surface area contributed by atoms with E-state index in [1.807, 2.05) is 18.2 Å². The number of hydrogen-bond acceptors (Lipinski definition) is 2. The third kappa shape index (κ3) is 2.58. The predicted molar refractivity (Wildman–Crippen MR) is 105 cm³/mol. The molecule has 0 spiro atoms. The minimum atomic E-state index is -0.460. The molecule has 1 unspecified atom stereocenters. The van der Waals surface area contributed by atoms with E-state index in [2.05, 4.69) is 77.7 Å². The van der Waals surface area contributed by atoms with E-state index in [9.17, 15) is 4.79 Å². The lowest BCUT2D eigenvalue weighted by molar-refractivity contribution is -0.129. The van der Waals surface area contributed by atoms with Crippen molar-refractivity contribution in [2.75, 3.05) is 6.54 Å². The van der Waals surface area contributed by atoms with Crippen LogP contribution in [0.5, 0.6) is 0 Å². The van der Waals surface area contributed by atoms with Crippen molar-refractivity contribution in [3.05, 3.63) is 108 Å². The highest BCUT2D eigenvalue weighted by atomic mass is 16.1. The zero-order valence-electron chi connectivity index (χ0n) is 15.0. The number of Topliss-reactive ketones (excluding diaryl/α,β-unsaturated/α-hetero) is 1. The third-order valence-electron chi connectivity index (χ3n) is 5.49. The quantitative estimate of drug-likeness (QED) is 0.630. The normalized spacial score (nSPS) is 17.5. The van der Waals surface area contributed by atoms with Crippen LogP contribution in [0, 0.1) is 0 Å². The van der Waals surface area contributed by atoms with Gasteiger partial charge in [0.2, 0.25) is 0 Å². The fourth-order valence-electron chi connectivity index (χ4n) is 4.25. The number of ketones is 1. The first-order valence-corrected chi connectivity index (χ1v) is 9.18. The summed E-state index contributed by atoms with van der Waals surface area (Å²) in [5, 5.41) is 0. The van der Waals surface area contributed by atoms with Crippen molar-refractivity contribution in [2.45, 2.75) is 24.9 Å². The van der Waals surface area contributed by atoms with Gasteiger partial charge in [-0.1, -0.05) is 91.0 Å². The van der Waals surface area contributed by atoms with E-state index in [4.69, 9.17) is 0 Å². The van der Waals surface area contributed by atoms with Gasteiger partial charge in [0.25, 0.3) is 0 Å². The number of carbonyl (C=O) groups is 1. The van der Waals surface area contributed by atoms with Crippen LogP contribution in [-0.4, -0.2) is 23.3 Å². The Hall–Kier alpha value is -2.71. The Balaban J connectivity index is 2.03. The van der Waals surface area contributed by atoms with Crippen LogP contribution in [0.15, 0.2) is 91.0 Å². The molecule has 1 fully saturated rings. The molecule has 0 amide bonds. The molecule has 1 atom stereocenters. The Labute approximate surface area is 155 Å². The van der Waals surface area contributed by atoms with Gasteiger partial charge in [0.05, 0.1) is 11.6 Å². The summed E-state index contributed by atoms with van der Waals surface area (Å²) in [5.41, 5.74) is 3.13. The number of benzene rings is 3. The van der Waals surface area contributed by atoms with Crippen LogP contribution in [0.2, 0.25) is 0 Å². The maximum Gasteiger partial charge on any atom is 0.146 e. The average Bonchev–Trinajstić information content (AvgIpc) is 2.66. The standard InChI is InChI=1S/C24H23NO/c1-19(26)23-17-18-25(23)24(20-11-5-2-6-12-20,21-13-7-3-8-14-21)22-15-9-4-10-16-22/h2-16,23H,17-18H2,1H3. The van der Waals surface area contributed by atoms with Crippen molar-refractivity contribution < 1.29 is 4.79 Å². The molecule has 0 aliphatic carbocycles. The van der Waals surface area contributed by atoms with Crippen LogP contribution < -0.4 is 0 Å². The van der Waals surface area contributed by atoms with E-state index in [-0.39, 0.29) is 11.8 Å². The average molecular weight is 341 g/mol. The van der Waals surface area contributed by atoms with Gasteiger partial charge >= 0.3 is 0 Å². The molecule has 26 heavy (non-hydrogen) atoms. The minimum Gasteiger partial charge on any atom is -0.298 e. The van der Waals surface area contributed by atoms with Gasteiger partial charge in [-0.3, -0.25) is 9.69 Å². The van der Waals surface area contributed by atoms with Gasteiger partial charge in [0, 0.05) is 6.54 Å². The molecule has 130 valence electrons. The lowest BCUT2D eigenvalue weighted by Crippen LogP contribution is -2.62. The first-order chi connectivity index (χ1) is 12.7. The van der Waals surface area contributed by atoms with Gasteiger partial charge in [-0.05, 0) is 30.0 Å². The van der Waals surface area contributed by atoms with Crippen molar-refractivity contribution >= 4 is 5.78 Å². The lowest BCUT2D eigenvalue weighted by atomic mass is 9.72. The smallest absolute Gasteiger partial charge is 0.146 e. The number of carbonyl (C=O) groups excluding carboxylic acids is 1. The number of likely N-dealkylation sites (tertiary alicyclic amines) is 1. The fourth-order valence-corrected chi connectivity index (χ4v) is 4.25. The van der Waals surface area contributed by atoms with Gasteiger partial charge < -0.3 is 0 Å². The minimum absolute atomic E-state index is 0.0457. The molecule has 1 aliphatic rings. The highest BCUT2D eigenvalue weighted by Crippen LogP contribution is 2.46. The highest BCUT2D eigenvalue weighted by molar-refractivity contribution is 5.83. The first-order valence-electron chi connectivity index (χ1n) is 9.18. The summed E-state index contributed by atoms with van der Waals surface area (Å²) in [7, 11) is 0. The first kappa shape index (κ1) is 16.7. The van der Waals surface area contributed by atoms with E-state index in [0.717, 1.165) is 13.0 Å². The summed E-state index contributed by atoms with van der Waals surface area (Å²) < 4.78 is 0. The Morgan fingerprint density at radius 3 is 1.42 bits per heavy atom. The molecule has 1 saturated heterocycles. The van der Waals surface area contributed by atoms with E-state index in [0.29, 0.717) is 0 Å². The zero-order chi connectivity index (χ0) is 18.0. The molecule has 1 heterocycles. The molecule has 3 aromatic rings. The summed E-state index contributed by atoms with van der Waals surface area (Å²) in [6.07, 6.45) is 0.920. The van der Waals surface area contributed by atoms with Gasteiger partial charge in [0.15, 0.2) is 0 Å². The zero-order valence-corrected chi connectivity index (χ0v) is 15.0. The molecule has 0 bridgehead atoms. The molecular weight excluding hydrogens is 318 g/mol. The summed E-state index contributed by atoms with van der Waals surface area (Å²) in [6, 6.07) is 31.6. The van der Waals surface area contributed by atoms with Gasteiger partial charge in [-0.25, -0.2) is 0 Å². The van der Waals surface area contributed by atoms with Crippen molar-refractivity contribution in [2.24, 2.45) is 0 Å². The molecule has 2 nitrogen and oxygen atoms in total. The van der Waals surface area contributed by atoms with Gasteiger partial charge in [-0.2, -0.15) is 0 Å². The number of hydrogen-bond donors (Lipinski definition) is 0. The number of rotatable bonds is 5. The summed E-state index contributed by atoms with van der Waals surface area (Å²) >= 11 is 0. The lowest BCUT2D eigenvalue weighted by Gasteiger charge is -2.54. The van der Waals surface area contributed by atoms with E-state index >= 15 is 0 Å². The highest BCUT2D eigenvalue weighted by Gasteiger charge is 2.49. The molecule has 1 aliphatic heterocycles. The predicted octanol–water partition coefficient (Wildman–Crippen LogP) is 4.64. The van der Waals surface area contributed by atoms with E-state index in [1.165, 1.54) is 16.7 Å². The molecule has 0 radical (unpaired) electrons. The second-order valence-electron chi connectivity index (χ2n) is 6.92. The largest absolute Gasteiger partial charge is 0.298 e. The molecule has 3 aromatic carbocycles. The molecule has 0 N–H and O–H groups in total. The summed E-state index contributed by atoms with van der Waals surface area (Å²) in [5.74, 6) is 0.239. The van der Waals surface area contributed by atoms with Crippen LogP contribution in [-0.2, 0) is 10.3 Å². The summed E-state index contributed by atoms with van der Waals surface area (Å²) in [6.45, 7) is 2.62. The monoisotopic (exact) mass is 341 g/mol. The molecule has 0 saturated carbocycles. The third-order valence-corrected chi connectivity index (χ3v) is 5.49. The van der Waals surface area contributed by atoms with Crippen molar-refractivity contribution in [3.63, 3.8) is 0 Å². The van der Waals surface area contributed by atoms with Crippen molar-refractivity contribution in [3.8, 4) is 0 Å². The van der Waals surface area contributed by atoms with E-state index in [1.54, 1.807) is 6.92 Å². The SMILES string of the molecule is CC(=O)C1CCN1C(c1ccccc1)(c1ccccc1)c1ccccc1. The topological polar surface area (TPSA) is 20.3 Å². The Kier molecular flexibility index (Phi) is 4.44. The van der Waals surface area contributed by atoms with Crippen LogP contribution in [0.25, 0.3) is 0 Å². The second kappa shape index (κ2) is 6.89. The van der Waals surface area contributed by atoms with Crippen molar-refractivity contribution in [1.82, 2.24) is 4.90 Å². The summed E-state index contributed by atoms with van der Waals surface area (Å²) in [4.78, 5) is 14.7. The van der Waals surface area contributed by atoms with Crippen LogP contribution >= 0.6 is 0 Å². The van der Waals surface area contributed by atoms with Crippen LogP contribution in [0.1, 0.15) is 30.0 Å². The molecular formula is C24H23NO. The molecule has 4 rings (SSSR count). The maximum absolute atomic E-state index is 12.3. The Morgan fingerprint density at radius 1 is 0.769 bits per heavy atom. The molecule has 0 aromatic heterocycles. The van der Waals surface area contributed by atoms with Crippen LogP contribution in [0.3, 0.4) is 0 Å².